The fraction of sp³-hybridized carbons (Fsp3) is 0. The van der Waals surface area contributed by atoms with Crippen LogP contribution < -0.4 is 0 Å². The largest absolute Gasteiger partial charge is 0.238 e. The smallest absolute Gasteiger partial charge is 0.187 e. The summed E-state index contributed by atoms with van der Waals surface area (Å²) in [6.07, 6.45) is 0. The molecule has 0 radical (unpaired) electrons. The van der Waals surface area contributed by atoms with Crippen LogP contribution in [0.15, 0.2) is 224 Å². The Morgan fingerprint density at radius 3 is 1.45 bits per heavy atom. The van der Waals surface area contributed by atoms with E-state index in [9.17, 15) is 0 Å². The van der Waals surface area contributed by atoms with Crippen LogP contribution in [0.1, 0.15) is 0 Å². The van der Waals surface area contributed by atoms with Crippen molar-refractivity contribution in [1.29, 1.82) is 0 Å². The van der Waals surface area contributed by atoms with E-state index in [1.165, 1.54) is 54.6 Å². The van der Waals surface area contributed by atoms with Crippen molar-refractivity contribution in [2.24, 2.45) is 0 Å². The second-order valence-electron chi connectivity index (χ2n) is 15.7. The molecule has 288 valence electrons. The highest BCUT2D eigenvalue weighted by Crippen LogP contribution is 2.40. The van der Waals surface area contributed by atoms with Crippen molar-refractivity contribution in [3.63, 3.8) is 0 Å². The van der Waals surface area contributed by atoms with Crippen molar-refractivity contribution in [3.05, 3.63) is 236 Å². The SMILES string of the molecule is [C-]#[N+]c1ccc(-c2cccc(-c3cc(-c4ccc(-c5ccc(-c6ccc(-c7c8ccccc8cc8c7ccc7ccccc78)cc6)cc5)cc4)nc(-c4ccccc4)n3)c2)cc1. The van der Waals surface area contributed by atoms with Crippen LogP contribution in [0.4, 0.5) is 5.69 Å². The molecule has 0 aliphatic carbocycles. The van der Waals surface area contributed by atoms with E-state index in [-0.39, 0.29) is 0 Å². The number of nitrogens with zero attached hydrogens (tertiary/aromatic N) is 3. The van der Waals surface area contributed by atoms with Crippen molar-refractivity contribution < 1.29 is 0 Å². The zero-order chi connectivity index (χ0) is 41.4. The molecule has 62 heavy (non-hydrogen) atoms. The Labute approximate surface area is 360 Å². The van der Waals surface area contributed by atoms with Crippen LogP contribution in [0.3, 0.4) is 0 Å². The third-order valence-electron chi connectivity index (χ3n) is 11.9. The highest BCUT2D eigenvalue weighted by Gasteiger charge is 2.14. The normalized spacial score (nSPS) is 11.2. The summed E-state index contributed by atoms with van der Waals surface area (Å²) in [5.74, 6) is 0.678. The zero-order valence-corrected chi connectivity index (χ0v) is 33.7. The molecule has 10 aromatic carbocycles. The second-order valence-corrected chi connectivity index (χ2v) is 15.7. The summed E-state index contributed by atoms with van der Waals surface area (Å²) in [7, 11) is 0. The number of aromatic nitrogens is 2. The molecule has 1 aromatic heterocycles. The van der Waals surface area contributed by atoms with Crippen LogP contribution in [0.25, 0.3) is 116 Å². The van der Waals surface area contributed by atoms with Gasteiger partial charge in [0.25, 0.3) is 0 Å². The third-order valence-corrected chi connectivity index (χ3v) is 11.9. The van der Waals surface area contributed by atoms with Crippen LogP contribution in [0.2, 0.25) is 0 Å². The molecular formula is C59H37N3. The molecule has 0 atom stereocenters. The first-order valence-electron chi connectivity index (χ1n) is 20.8. The lowest BCUT2D eigenvalue weighted by Gasteiger charge is -2.14. The molecule has 3 nitrogen and oxygen atoms in total. The Hall–Kier alpha value is -8.45. The average Bonchev–Trinajstić information content (AvgIpc) is 3.36. The quantitative estimate of drug-likeness (QED) is 0.0915. The van der Waals surface area contributed by atoms with Gasteiger partial charge in [-0.2, -0.15) is 0 Å². The van der Waals surface area contributed by atoms with Gasteiger partial charge in [0.2, 0.25) is 0 Å². The first kappa shape index (κ1) is 36.6. The van der Waals surface area contributed by atoms with Gasteiger partial charge in [-0.25, -0.2) is 14.8 Å². The molecule has 0 saturated heterocycles. The van der Waals surface area contributed by atoms with Crippen molar-refractivity contribution in [3.8, 4) is 78.4 Å². The van der Waals surface area contributed by atoms with Gasteiger partial charge in [-0.1, -0.05) is 206 Å². The van der Waals surface area contributed by atoms with Crippen LogP contribution in [-0.4, -0.2) is 9.97 Å². The minimum Gasteiger partial charge on any atom is -0.238 e. The highest BCUT2D eigenvalue weighted by molar-refractivity contribution is 6.20. The molecule has 11 rings (SSSR count). The van der Waals surface area contributed by atoms with Crippen LogP contribution in [0.5, 0.6) is 0 Å². The lowest BCUT2D eigenvalue weighted by molar-refractivity contribution is 1.18. The Kier molecular flexibility index (Phi) is 9.23. The molecule has 11 aromatic rings. The summed E-state index contributed by atoms with van der Waals surface area (Å²) in [4.78, 5) is 13.7. The Balaban J connectivity index is 0.882. The monoisotopic (exact) mass is 787 g/mol. The van der Waals surface area contributed by atoms with Crippen molar-refractivity contribution >= 4 is 38.0 Å². The molecule has 0 bridgehead atoms. The van der Waals surface area contributed by atoms with Gasteiger partial charge in [0, 0.05) is 16.7 Å². The van der Waals surface area contributed by atoms with Crippen LogP contribution in [0, 0.1) is 6.57 Å². The van der Waals surface area contributed by atoms with Gasteiger partial charge in [0.05, 0.1) is 18.0 Å². The molecular weight excluding hydrogens is 751 g/mol. The van der Waals surface area contributed by atoms with Crippen molar-refractivity contribution in [2.45, 2.75) is 0 Å². The highest BCUT2D eigenvalue weighted by atomic mass is 14.9. The first-order valence-corrected chi connectivity index (χ1v) is 20.8. The Morgan fingerprint density at radius 2 is 0.790 bits per heavy atom. The van der Waals surface area contributed by atoms with Crippen molar-refractivity contribution in [2.75, 3.05) is 0 Å². The molecule has 0 fully saturated rings. The Morgan fingerprint density at radius 1 is 0.290 bits per heavy atom. The van der Waals surface area contributed by atoms with E-state index >= 15 is 0 Å². The average molecular weight is 788 g/mol. The van der Waals surface area contributed by atoms with E-state index in [1.807, 2.05) is 54.6 Å². The van der Waals surface area contributed by atoms with Gasteiger partial charge in [-0.3, -0.25) is 0 Å². The molecule has 3 heteroatoms. The third kappa shape index (κ3) is 6.86. The minimum atomic E-state index is 0.628. The fourth-order valence-corrected chi connectivity index (χ4v) is 8.69. The predicted octanol–water partition coefficient (Wildman–Crippen LogP) is 16.2. The topological polar surface area (TPSA) is 30.1 Å². The standard InChI is InChI=1S/C59H37N3/c1-60-51-33-30-43(31-34-51)48-14-9-15-50(36-48)57-38-56(61-59(62-57)47-11-3-2-4-12-47)45-26-22-41(23-27-45)39-18-20-40(21-19-39)42-24-28-46(29-25-42)58-53-17-8-6-13-49(53)37-55-52-16-7-5-10-44(52)32-35-54(55)58/h2-38H. The molecule has 1 heterocycles. The fourth-order valence-electron chi connectivity index (χ4n) is 8.69. The van der Waals surface area contributed by atoms with Crippen LogP contribution in [-0.2, 0) is 0 Å². The Bertz CT molecular complexity index is 3470. The molecule has 0 N–H and O–H groups in total. The lowest BCUT2D eigenvalue weighted by atomic mass is 9.89. The maximum Gasteiger partial charge on any atom is 0.187 e. The van der Waals surface area contributed by atoms with Gasteiger partial charge in [0.15, 0.2) is 11.5 Å². The van der Waals surface area contributed by atoms with Gasteiger partial charge in [-0.05, 0) is 95.0 Å². The molecule has 0 aliphatic rings. The van der Waals surface area contributed by atoms with E-state index < -0.39 is 0 Å². The van der Waals surface area contributed by atoms with Gasteiger partial charge < -0.3 is 0 Å². The number of benzene rings is 10. The predicted molar refractivity (Wildman–Crippen MR) is 259 cm³/mol. The minimum absolute atomic E-state index is 0.628. The first-order chi connectivity index (χ1) is 30.6. The van der Waals surface area contributed by atoms with E-state index in [4.69, 9.17) is 16.5 Å². The second kappa shape index (κ2) is 15.6. The lowest BCUT2D eigenvalue weighted by Crippen LogP contribution is -1.96. The zero-order valence-electron chi connectivity index (χ0n) is 33.7. The summed E-state index contributed by atoms with van der Waals surface area (Å²) in [5, 5.41) is 7.61. The molecule has 0 aliphatic heterocycles. The summed E-state index contributed by atoms with van der Waals surface area (Å²) in [6, 6.07) is 79.1. The summed E-state index contributed by atoms with van der Waals surface area (Å²) < 4.78 is 0. The maximum absolute atomic E-state index is 7.32. The van der Waals surface area contributed by atoms with E-state index in [1.54, 1.807) is 0 Å². The van der Waals surface area contributed by atoms with E-state index in [2.05, 4.69) is 175 Å². The molecule has 0 spiro atoms. The number of hydrogen-bond donors (Lipinski definition) is 0. The maximum atomic E-state index is 7.32. The summed E-state index contributed by atoms with van der Waals surface area (Å²) in [5.41, 5.74) is 14.6. The van der Waals surface area contributed by atoms with Crippen molar-refractivity contribution in [1.82, 2.24) is 9.97 Å². The summed E-state index contributed by atoms with van der Waals surface area (Å²) >= 11 is 0. The van der Waals surface area contributed by atoms with Gasteiger partial charge in [-0.15, -0.1) is 0 Å². The number of rotatable bonds is 7. The van der Waals surface area contributed by atoms with E-state index in [0.717, 1.165) is 50.3 Å². The molecule has 0 saturated carbocycles. The van der Waals surface area contributed by atoms with Gasteiger partial charge >= 0.3 is 0 Å². The van der Waals surface area contributed by atoms with Crippen LogP contribution >= 0.6 is 0 Å². The number of hydrogen-bond acceptors (Lipinski definition) is 2. The summed E-state index contributed by atoms with van der Waals surface area (Å²) in [6.45, 7) is 7.32. The number of fused-ring (bicyclic) bond motifs is 4. The van der Waals surface area contributed by atoms with E-state index in [0.29, 0.717) is 11.5 Å². The molecule has 0 unspecified atom stereocenters. The van der Waals surface area contributed by atoms with Gasteiger partial charge in [0.1, 0.15) is 0 Å². The molecule has 0 amide bonds.